The molecule has 96 valence electrons. The van der Waals surface area contributed by atoms with Gasteiger partial charge in [0.2, 0.25) is 5.91 Å². The van der Waals surface area contributed by atoms with Crippen molar-refractivity contribution in [2.45, 2.75) is 13.0 Å². The van der Waals surface area contributed by atoms with Gasteiger partial charge in [0.1, 0.15) is 4.70 Å². The molecule has 0 atom stereocenters. The second-order valence-corrected chi connectivity index (χ2v) is 5.00. The Bertz CT molecular complexity index is 695. The standard InChI is InChI=1S/C11H13N3O3S/c1-13(2)8(15)3-5-14-7-4-6-18-9(7)10(16)12-11(14)17/h4,6H,3,5H2,1-2H3,(H,12,16,17). The zero-order valence-electron chi connectivity index (χ0n) is 10.1. The molecule has 0 spiro atoms. The van der Waals surface area contributed by atoms with Crippen molar-refractivity contribution in [1.82, 2.24) is 14.5 Å². The molecular formula is C11H13N3O3S. The zero-order chi connectivity index (χ0) is 13.3. The third-order valence-electron chi connectivity index (χ3n) is 2.66. The molecule has 0 saturated heterocycles. The van der Waals surface area contributed by atoms with Crippen LogP contribution >= 0.6 is 11.3 Å². The number of rotatable bonds is 3. The predicted octanol–water partition coefficient (Wildman–Crippen LogP) is 0.230. The van der Waals surface area contributed by atoms with Gasteiger partial charge in [-0.3, -0.25) is 19.1 Å². The number of nitrogens with one attached hydrogen (secondary N) is 1. The number of hydrogen-bond donors (Lipinski definition) is 1. The van der Waals surface area contributed by atoms with Crippen molar-refractivity contribution in [2.24, 2.45) is 0 Å². The topological polar surface area (TPSA) is 75.2 Å². The lowest BCUT2D eigenvalue weighted by atomic mass is 10.3. The number of thiophene rings is 1. The summed E-state index contributed by atoms with van der Waals surface area (Å²) >= 11 is 1.28. The molecule has 2 rings (SSSR count). The van der Waals surface area contributed by atoms with Crippen molar-refractivity contribution < 1.29 is 4.79 Å². The van der Waals surface area contributed by atoms with Crippen molar-refractivity contribution >= 4 is 27.5 Å². The SMILES string of the molecule is CN(C)C(=O)CCn1c(=O)[nH]c(=O)c2sccc21. The van der Waals surface area contributed by atoms with E-state index in [0.29, 0.717) is 10.2 Å². The first-order valence-corrected chi connectivity index (χ1v) is 6.29. The first-order chi connectivity index (χ1) is 8.50. The third kappa shape index (κ3) is 2.21. The fourth-order valence-electron chi connectivity index (χ4n) is 1.67. The maximum Gasteiger partial charge on any atom is 0.328 e. The Kier molecular flexibility index (Phi) is 3.33. The van der Waals surface area contributed by atoms with Gasteiger partial charge in [0, 0.05) is 27.1 Å². The molecule has 0 fully saturated rings. The van der Waals surface area contributed by atoms with E-state index in [9.17, 15) is 14.4 Å². The summed E-state index contributed by atoms with van der Waals surface area (Å²) in [5.74, 6) is -0.0588. The number of H-pyrrole nitrogens is 1. The Hall–Kier alpha value is -1.89. The van der Waals surface area contributed by atoms with Crippen LogP contribution in [-0.4, -0.2) is 34.5 Å². The molecule has 2 aromatic heterocycles. The Morgan fingerprint density at radius 1 is 1.44 bits per heavy atom. The molecule has 18 heavy (non-hydrogen) atoms. The van der Waals surface area contributed by atoms with Crippen LogP contribution in [0.25, 0.3) is 10.2 Å². The second-order valence-electron chi connectivity index (χ2n) is 4.08. The van der Waals surface area contributed by atoms with Gasteiger partial charge < -0.3 is 4.90 Å². The first-order valence-electron chi connectivity index (χ1n) is 5.41. The van der Waals surface area contributed by atoms with Crippen LogP contribution in [0.1, 0.15) is 6.42 Å². The highest BCUT2D eigenvalue weighted by atomic mass is 32.1. The van der Waals surface area contributed by atoms with E-state index in [0.717, 1.165) is 0 Å². The molecule has 0 aliphatic rings. The van der Waals surface area contributed by atoms with Crippen molar-refractivity contribution in [1.29, 1.82) is 0 Å². The van der Waals surface area contributed by atoms with Crippen LogP contribution in [0.2, 0.25) is 0 Å². The molecule has 0 aromatic carbocycles. The smallest absolute Gasteiger partial charge is 0.328 e. The van der Waals surface area contributed by atoms with Crippen LogP contribution in [-0.2, 0) is 11.3 Å². The lowest BCUT2D eigenvalue weighted by Gasteiger charge is -2.11. The molecule has 0 aliphatic carbocycles. The van der Waals surface area contributed by atoms with Crippen molar-refractivity contribution in [2.75, 3.05) is 14.1 Å². The summed E-state index contributed by atoms with van der Waals surface area (Å²) in [5, 5.41) is 1.75. The average molecular weight is 267 g/mol. The van der Waals surface area contributed by atoms with Gasteiger partial charge in [-0.1, -0.05) is 0 Å². The van der Waals surface area contributed by atoms with Crippen molar-refractivity contribution in [3.8, 4) is 0 Å². The number of carbonyl (C=O) groups excluding carboxylic acids is 1. The number of nitrogens with zero attached hydrogens (tertiary/aromatic N) is 2. The number of aryl methyl sites for hydroxylation is 1. The van der Waals surface area contributed by atoms with Crippen LogP contribution in [0, 0.1) is 0 Å². The van der Waals surface area contributed by atoms with Gasteiger partial charge >= 0.3 is 5.69 Å². The van der Waals surface area contributed by atoms with Gasteiger partial charge in [0.05, 0.1) is 5.52 Å². The lowest BCUT2D eigenvalue weighted by molar-refractivity contribution is -0.128. The monoisotopic (exact) mass is 267 g/mol. The highest BCUT2D eigenvalue weighted by Crippen LogP contribution is 2.14. The Labute approximate surface area is 106 Å². The van der Waals surface area contributed by atoms with E-state index in [-0.39, 0.29) is 24.4 Å². The summed E-state index contributed by atoms with van der Waals surface area (Å²) in [6, 6.07) is 1.72. The van der Waals surface area contributed by atoms with Gasteiger partial charge in [0.15, 0.2) is 0 Å². The van der Waals surface area contributed by atoms with Gasteiger partial charge in [-0.15, -0.1) is 11.3 Å². The van der Waals surface area contributed by atoms with Gasteiger partial charge in [-0.05, 0) is 11.4 Å². The maximum atomic E-state index is 11.7. The summed E-state index contributed by atoms with van der Waals surface area (Å²) in [6.07, 6.45) is 0.226. The van der Waals surface area contributed by atoms with Crippen molar-refractivity contribution in [3.63, 3.8) is 0 Å². The molecule has 1 amide bonds. The molecule has 7 heteroatoms. The summed E-state index contributed by atoms with van der Waals surface area (Å²) in [7, 11) is 3.33. The van der Waals surface area contributed by atoms with Crippen LogP contribution in [0.3, 0.4) is 0 Å². The highest BCUT2D eigenvalue weighted by molar-refractivity contribution is 7.17. The molecule has 6 nitrogen and oxygen atoms in total. The largest absolute Gasteiger partial charge is 0.349 e. The van der Waals surface area contributed by atoms with E-state index in [4.69, 9.17) is 0 Å². The van der Waals surface area contributed by atoms with Crippen LogP contribution < -0.4 is 11.2 Å². The minimum atomic E-state index is -0.475. The number of amides is 1. The fraction of sp³-hybridized carbons (Fsp3) is 0.364. The number of fused-ring (bicyclic) bond motifs is 1. The average Bonchev–Trinajstić information content (AvgIpc) is 2.77. The number of aromatic amines is 1. The van der Waals surface area contributed by atoms with E-state index >= 15 is 0 Å². The quantitative estimate of drug-likeness (QED) is 0.865. The van der Waals surface area contributed by atoms with Gasteiger partial charge in [0.25, 0.3) is 5.56 Å². The van der Waals surface area contributed by atoms with E-state index in [2.05, 4.69) is 4.98 Å². The Balaban J connectivity index is 2.39. The summed E-state index contributed by atoms with van der Waals surface area (Å²) in [5.41, 5.74) is -0.266. The molecular weight excluding hydrogens is 254 g/mol. The summed E-state index contributed by atoms with van der Waals surface area (Å²) < 4.78 is 1.93. The molecule has 0 radical (unpaired) electrons. The van der Waals surface area contributed by atoms with Gasteiger partial charge in [-0.25, -0.2) is 4.79 Å². The fourth-order valence-corrected chi connectivity index (χ4v) is 2.46. The molecule has 0 saturated carbocycles. The van der Waals surface area contributed by atoms with Gasteiger partial charge in [-0.2, -0.15) is 0 Å². The minimum Gasteiger partial charge on any atom is -0.349 e. The Morgan fingerprint density at radius 2 is 2.17 bits per heavy atom. The lowest BCUT2D eigenvalue weighted by Crippen LogP contribution is -2.31. The van der Waals surface area contributed by atoms with E-state index < -0.39 is 5.69 Å². The normalized spacial score (nSPS) is 10.8. The molecule has 0 aliphatic heterocycles. The third-order valence-corrected chi connectivity index (χ3v) is 3.56. The van der Waals surface area contributed by atoms with Crippen molar-refractivity contribution in [3.05, 3.63) is 32.3 Å². The molecule has 0 bridgehead atoms. The maximum absolute atomic E-state index is 11.7. The predicted molar refractivity (Wildman–Crippen MR) is 70.0 cm³/mol. The summed E-state index contributed by atoms with van der Waals surface area (Å²) in [4.78, 5) is 38.5. The molecule has 2 aromatic rings. The molecule has 2 heterocycles. The first kappa shape index (κ1) is 12.6. The Morgan fingerprint density at radius 3 is 2.83 bits per heavy atom. The second kappa shape index (κ2) is 4.77. The minimum absolute atomic E-state index is 0.0588. The highest BCUT2D eigenvalue weighted by Gasteiger charge is 2.10. The molecule has 1 N–H and O–H groups in total. The zero-order valence-corrected chi connectivity index (χ0v) is 10.9. The van der Waals surface area contributed by atoms with Crippen LogP contribution in [0.15, 0.2) is 21.0 Å². The van der Waals surface area contributed by atoms with E-state index in [1.807, 2.05) is 0 Å². The van der Waals surface area contributed by atoms with E-state index in [1.165, 1.54) is 20.8 Å². The van der Waals surface area contributed by atoms with E-state index in [1.54, 1.807) is 25.5 Å². The number of carbonyl (C=O) groups is 1. The molecule has 0 unspecified atom stereocenters. The van der Waals surface area contributed by atoms with Crippen LogP contribution in [0.4, 0.5) is 0 Å². The van der Waals surface area contributed by atoms with Crippen LogP contribution in [0.5, 0.6) is 0 Å². The number of aromatic nitrogens is 2. The number of hydrogen-bond acceptors (Lipinski definition) is 4. The summed E-state index contributed by atoms with van der Waals surface area (Å²) in [6.45, 7) is 0.264.